The van der Waals surface area contributed by atoms with E-state index in [1.165, 1.54) is 0 Å². The Balaban J connectivity index is 1.96. The number of anilines is 2. The Kier molecular flexibility index (Phi) is 3.09. The second-order valence-corrected chi connectivity index (χ2v) is 6.63. The summed E-state index contributed by atoms with van der Waals surface area (Å²) >= 11 is 5.11. The summed E-state index contributed by atoms with van der Waals surface area (Å²) in [6.07, 6.45) is 0.446. The minimum Gasteiger partial charge on any atom is -0.375 e. The SMILES string of the molecule is O=C1CC(c2ccc(Br)s2)Nc2ccccc2N1. The smallest absolute Gasteiger partial charge is 0.226 e. The van der Waals surface area contributed by atoms with E-state index in [9.17, 15) is 4.79 Å². The zero-order valence-corrected chi connectivity index (χ0v) is 11.8. The molecule has 18 heavy (non-hydrogen) atoms. The number of amides is 1. The van der Waals surface area contributed by atoms with Gasteiger partial charge in [0.2, 0.25) is 5.91 Å². The maximum absolute atomic E-state index is 11.9. The topological polar surface area (TPSA) is 41.1 Å². The highest BCUT2D eigenvalue weighted by Gasteiger charge is 2.22. The van der Waals surface area contributed by atoms with Gasteiger partial charge in [-0.3, -0.25) is 4.79 Å². The maximum Gasteiger partial charge on any atom is 0.226 e. The first-order chi connectivity index (χ1) is 8.72. The number of carbonyl (C=O) groups excluding carboxylic acids is 1. The number of fused-ring (bicyclic) bond motifs is 1. The largest absolute Gasteiger partial charge is 0.375 e. The first-order valence-corrected chi connectivity index (χ1v) is 7.24. The zero-order chi connectivity index (χ0) is 12.5. The summed E-state index contributed by atoms with van der Waals surface area (Å²) in [7, 11) is 0. The van der Waals surface area contributed by atoms with Gasteiger partial charge in [0, 0.05) is 4.88 Å². The fourth-order valence-corrected chi connectivity index (χ4v) is 3.51. The normalized spacial score (nSPS) is 18.5. The van der Waals surface area contributed by atoms with E-state index < -0.39 is 0 Å². The molecule has 0 spiro atoms. The summed E-state index contributed by atoms with van der Waals surface area (Å²) in [5, 5.41) is 6.35. The van der Waals surface area contributed by atoms with Gasteiger partial charge in [0.25, 0.3) is 0 Å². The molecule has 1 aliphatic rings. The Morgan fingerprint density at radius 1 is 1.17 bits per heavy atom. The summed E-state index contributed by atoms with van der Waals surface area (Å²) in [4.78, 5) is 13.0. The van der Waals surface area contributed by atoms with Crippen molar-refractivity contribution in [1.29, 1.82) is 0 Å². The number of thiophene rings is 1. The molecule has 0 fully saturated rings. The van der Waals surface area contributed by atoms with E-state index >= 15 is 0 Å². The molecule has 92 valence electrons. The van der Waals surface area contributed by atoms with Crippen molar-refractivity contribution in [2.45, 2.75) is 12.5 Å². The van der Waals surface area contributed by atoms with Gasteiger partial charge in [0.05, 0.1) is 27.6 Å². The Hall–Kier alpha value is -1.33. The van der Waals surface area contributed by atoms with Gasteiger partial charge in [0.15, 0.2) is 0 Å². The molecule has 1 amide bonds. The summed E-state index contributed by atoms with van der Waals surface area (Å²) < 4.78 is 1.08. The standard InChI is InChI=1S/C13H11BrN2OS/c14-12-6-5-11(18-12)10-7-13(17)16-9-4-2-1-3-8(9)15-10/h1-6,10,15H,7H2,(H,16,17). The van der Waals surface area contributed by atoms with Crippen molar-refractivity contribution in [2.75, 3.05) is 10.6 Å². The van der Waals surface area contributed by atoms with Crippen LogP contribution in [-0.4, -0.2) is 5.91 Å². The number of carbonyl (C=O) groups is 1. The van der Waals surface area contributed by atoms with Crippen LogP contribution in [-0.2, 0) is 4.79 Å². The molecule has 1 atom stereocenters. The Labute approximate surface area is 117 Å². The molecule has 0 saturated carbocycles. The van der Waals surface area contributed by atoms with Crippen molar-refractivity contribution in [2.24, 2.45) is 0 Å². The van der Waals surface area contributed by atoms with E-state index in [0.29, 0.717) is 6.42 Å². The number of hydrogen-bond acceptors (Lipinski definition) is 3. The van der Waals surface area contributed by atoms with Crippen molar-refractivity contribution in [1.82, 2.24) is 0 Å². The molecule has 0 radical (unpaired) electrons. The van der Waals surface area contributed by atoms with Gasteiger partial charge in [-0.15, -0.1) is 11.3 Å². The van der Waals surface area contributed by atoms with E-state index in [4.69, 9.17) is 0 Å². The quantitative estimate of drug-likeness (QED) is 0.833. The number of para-hydroxylation sites is 2. The van der Waals surface area contributed by atoms with E-state index in [1.54, 1.807) is 11.3 Å². The van der Waals surface area contributed by atoms with Crippen LogP contribution in [0.4, 0.5) is 11.4 Å². The number of nitrogens with one attached hydrogen (secondary N) is 2. The lowest BCUT2D eigenvalue weighted by Gasteiger charge is -2.14. The van der Waals surface area contributed by atoms with Crippen molar-refractivity contribution in [3.63, 3.8) is 0 Å². The highest BCUT2D eigenvalue weighted by molar-refractivity contribution is 9.11. The van der Waals surface area contributed by atoms with E-state index in [0.717, 1.165) is 20.0 Å². The van der Waals surface area contributed by atoms with Gasteiger partial charge in [-0.1, -0.05) is 12.1 Å². The summed E-state index contributed by atoms with van der Waals surface area (Å²) in [6.45, 7) is 0. The minimum absolute atomic E-state index is 0.0324. The fourth-order valence-electron chi connectivity index (χ4n) is 2.03. The van der Waals surface area contributed by atoms with Crippen molar-refractivity contribution < 1.29 is 4.79 Å². The van der Waals surface area contributed by atoms with Gasteiger partial charge in [-0.05, 0) is 40.2 Å². The van der Waals surface area contributed by atoms with Gasteiger partial charge >= 0.3 is 0 Å². The van der Waals surface area contributed by atoms with Crippen LogP contribution in [0.15, 0.2) is 40.2 Å². The lowest BCUT2D eigenvalue weighted by molar-refractivity contribution is -0.116. The van der Waals surface area contributed by atoms with Crippen LogP contribution in [0.1, 0.15) is 17.3 Å². The lowest BCUT2D eigenvalue weighted by Crippen LogP contribution is -2.14. The Bertz CT molecular complexity index is 596. The molecule has 2 N–H and O–H groups in total. The molecule has 0 bridgehead atoms. The van der Waals surface area contributed by atoms with Crippen molar-refractivity contribution >= 4 is 44.5 Å². The third kappa shape index (κ3) is 2.28. The molecule has 1 aromatic heterocycles. The molecule has 3 rings (SSSR count). The molecule has 3 nitrogen and oxygen atoms in total. The summed E-state index contributed by atoms with van der Waals surface area (Å²) in [5.74, 6) is 0.0435. The van der Waals surface area contributed by atoms with Crippen LogP contribution in [0.5, 0.6) is 0 Å². The Morgan fingerprint density at radius 3 is 2.67 bits per heavy atom. The predicted molar refractivity (Wildman–Crippen MR) is 78.1 cm³/mol. The average Bonchev–Trinajstić information content (AvgIpc) is 2.70. The molecule has 5 heteroatoms. The van der Waals surface area contributed by atoms with Crippen molar-refractivity contribution in [3.05, 3.63) is 45.1 Å². The molecule has 1 aliphatic heterocycles. The molecule has 2 heterocycles. The predicted octanol–water partition coefficient (Wildman–Crippen LogP) is 4.01. The lowest BCUT2D eigenvalue weighted by atomic mass is 10.1. The van der Waals surface area contributed by atoms with Gasteiger partial charge in [-0.25, -0.2) is 0 Å². The number of hydrogen-bond donors (Lipinski definition) is 2. The summed E-state index contributed by atoms with van der Waals surface area (Å²) in [6, 6.07) is 11.9. The van der Waals surface area contributed by atoms with Crippen molar-refractivity contribution in [3.8, 4) is 0 Å². The van der Waals surface area contributed by atoms with E-state index in [-0.39, 0.29) is 11.9 Å². The second-order valence-electron chi connectivity index (χ2n) is 4.14. The average molecular weight is 323 g/mol. The van der Waals surface area contributed by atoms with Crippen LogP contribution in [0, 0.1) is 0 Å². The first-order valence-electron chi connectivity index (χ1n) is 5.63. The van der Waals surface area contributed by atoms with Crippen LogP contribution in [0.25, 0.3) is 0 Å². The summed E-state index contributed by atoms with van der Waals surface area (Å²) in [5.41, 5.74) is 1.82. The second kappa shape index (κ2) is 4.74. The van der Waals surface area contributed by atoms with Crippen LogP contribution in [0.3, 0.4) is 0 Å². The highest BCUT2D eigenvalue weighted by atomic mass is 79.9. The molecule has 0 saturated heterocycles. The van der Waals surface area contributed by atoms with Crippen LogP contribution in [0.2, 0.25) is 0 Å². The van der Waals surface area contributed by atoms with Gasteiger partial charge < -0.3 is 10.6 Å². The third-order valence-corrected chi connectivity index (χ3v) is 4.60. The first kappa shape index (κ1) is 11.7. The molecular weight excluding hydrogens is 312 g/mol. The van der Waals surface area contributed by atoms with Gasteiger partial charge in [0.1, 0.15) is 0 Å². The van der Waals surface area contributed by atoms with E-state index in [2.05, 4.69) is 26.6 Å². The zero-order valence-electron chi connectivity index (χ0n) is 9.44. The fraction of sp³-hybridized carbons (Fsp3) is 0.154. The molecule has 1 unspecified atom stereocenters. The van der Waals surface area contributed by atoms with Crippen LogP contribution < -0.4 is 10.6 Å². The molecular formula is C13H11BrN2OS. The third-order valence-electron chi connectivity index (χ3n) is 2.86. The minimum atomic E-state index is 0.0324. The van der Waals surface area contributed by atoms with E-state index in [1.807, 2.05) is 36.4 Å². The highest BCUT2D eigenvalue weighted by Crippen LogP contribution is 2.35. The van der Waals surface area contributed by atoms with Crippen LogP contribution >= 0.6 is 27.3 Å². The maximum atomic E-state index is 11.9. The Morgan fingerprint density at radius 2 is 1.94 bits per heavy atom. The molecule has 1 aromatic carbocycles. The number of halogens is 1. The number of benzene rings is 1. The monoisotopic (exact) mass is 322 g/mol. The molecule has 2 aromatic rings. The number of rotatable bonds is 1. The molecule has 0 aliphatic carbocycles. The van der Waals surface area contributed by atoms with Gasteiger partial charge in [-0.2, -0.15) is 0 Å².